The molecule has 0 saturated heterocycles. The van der Waals surface area contributed by atoms with Crippen LogP contribution < -0.4 is 5.43 Å². The Morgan fingerprint density at radius 1 is 1.36 bits per heavy atom. The molecule has 0 aromatic heterocycles. The van der Waals surface area contributed by atoms with Gasteiger partial charge in [-0.2, -0.15) is 0 Å². The summed E-state index contributed by atoms with van der Waals surface area (Å²) in [4.78, 5) is 0. The Hall–Kier alpha value is -1.94. The first-order chi connectivity index (χ1) is 10.4. The summed E-state index contributed by atoms with van der Waals surface area (Å²) in [7, 11) is 3.76. The largest absolute Gasteiger partial charge is 0.312 e. The average molecular weight is 304 g/mol. The predicted molar refractivity (Wildman–Crippen MR) is 87.5 cm³/mol. The molecule has 1 saturated carbocycles. The van der Waals surface area contributed by atoms with Gasteiger partial charge in [-0.25, -0.2) is 14.2 Å². The molecule has 0 radical (unpaired) electrons. The van der Waals surface area contributed by atoms with Gasteiger partial charge in [0.1, 0.15) is 0 Å². The van der Waals surface area contributed by atoms with Gasteiger partial charge in [-0.05, 0) is 29.7 Å². The summed E-state index contributed by atoms with van der Waals surface area (Å²) in [6.07, 6.45) is 5.73. The zero-order valence-corrected chi connectivity index (χ0v) is 13.2. The van der Waals surface area contributed by atoms with Gasteiger partial charge in [-0.1, -0.05) is 43.0 Å². The smallest absolute Gasteiger partial charge is 0.255 e. The van der Waals surface area contributed by atoms with E-state index < -0.39 is 11.8 Å². The highest BCUT2D eigenvalue weighted by Gasteiger charge is 2.57. The highest BCUT2D eigenvalue weighted by atomic mass is 19.3. The van der Waals surface area contributed by atoms with Crippen molar-refractivity contribution in [3.8, 4) is 0 Å². The number of nitrogens with zero attached hydrogens (tertiary/aromatic N) is 1. The van der Waals surface area contributed by atoms with E-state index in [0.717, 1.165) is 16.8 Å². The summed E-state index contributed by atoms with van der Waals surface area (Å²) in [5, 5.41) is 1.89. The van der Waals surface area contributed by atoms with Crippen LogP contribution in [0.4, 0.5) is 8.78 Å². The Kier molecular flexibility index (Phi) is 4.81. The summed E-state index contributed by atoms with van der Waals surface area (Å²) < 4.78 is 26.2. The Bertz CT molecular complexity index is 600. The summed E-state index contributed by atoms with van der Waals surface area (Å²) >= 11 is 0. The van der Waals surface area contributed by atoms with Crippen LogP contribution in [0.1, 0.15) is 30.4 Å². The highest BCUT2D eigenvalue weighted by Crippen LogP contribution is 2.55. The molecule has 1 aliphatic rings. The third-order valence-corrected chi connectivity index (χ3v) is 4.01. The van der Waals surface area contributed by atoms with Crippen LogP contribution >= 0.6 is 0 Å². The normalized spacial score (nSPS) is 20.7. The van der Waals surface area contributed by atoms with Gasteiger partial charge in [0.2, 0.25) is 0 Å². The molecule has 0 heterocycles. The molecule has 1 atom stereocenters. The van der Waals surface area contributed by atoms with Crippen molar-refractivity contribution in [1.82, 2.24) is 10.4 Å². The van der Waals surface area contributed by atoms with E-state index >= 15 is 0 Å². The molecule has 2 rings (SSSR count). The second kappa shape index (κ2) is 6.44. The van der Waals surface area contributed by atoms with Crippen molar-refractivity contribution in [2.45, 2.75) is 25.2 Å². The summed E-state index contributed by atoms with van der Waals surface area (Å²) in [5.41, 5.74) is 6.65. The lowest BCUT2D eigenvalue weighted by Crippen LogP contribution is -2.29. The number of allylic oxidation sites excluding steroid dienone is 4. The molecule has 0 aliphatic heterocycles. The quantitative estimate of drug-likeness (QED) is 0.621. The van der Waals surface area contributed by atoms with Gasteiger partial charge < -0.3 is 5.01 Å². The molecule has 1 aromatic carbocycles. The van der Waals surface area contributed by atoms with Crippen LogP contribution in [0.5, 0.6) is 0 Å². The maximum atomic E-state index is 13.1. The number of hydrazine groups is 1. The summed E-state index contributed by atoms with van der Waals surface area (Å²) in [6.45, 7) is 5.81. The fourth-order valence-corrected chi connectivity index (χ4v) is 2.41. The van der Waals surface area contributed by atoms with Gasteiger partial charge in [0.15, 0.2) is 0 Å². The molecule has 1 aliphatic carbocycles. The van der Waals surface area contributed by atoms with Crippen molar-refractivity contribution in [2.75, 3.05) is 14.1 Å². The molecule has 0 amide bonds. The lowest BCUT2D eigenvalue weighted by Gasteiger charge is -2.19. The van der Waals surface area contributed by atoms with E-state index in [-0.39, 0.29) is 6.42 Å². The van der Waals surface area contributed by atoms with Gasteiger partial charge in [0.25, 0.3) is 5.92 Å². The van der Waals surface area contributed by atoms with Crippen LogP contribution in [0.3, 0.4) is 0 Å². The standard InChI is InChI=1S/C18H22F2N2/c1-5-13(11-16(6-2)22(4)21-3)14-7-9-15(10-8-14)17-12-18(17,19)20/h5-11,17,21H,1,12H2,2-4H3/b13-11+,16-6-. The molecule has 118 valence electrons. The molecule has 2 nitrogen and oxygen atoms in total. The van der Waals surface area contributed by atoms with E-state index in [1.165, 1.54) is 0 Å². The Balaban J connectivity index is 2.23. The fourth-order valence-electron chi connectivity index (χ4n) is 2.41. The van der Waals surface area contributed by atoms with Crippen LogP contribution in [0.25, 0.3) is 5.57 Å². The SMILES string of the molecule is C=C/C(=C\C(=C\C)N(C)NC)c1ccc(C2CC2(F)F)cc1. The second-order valence-corrected chi connectivity index (χ2v) is 5.44. The molecule has 4 heteroatoms. The molecule has 0 bridgehead atoms. The maximum absolute atomic E-state index is 13.1. The van der Waals surface area contributed by atoms with Gasteiger partial charge in [-0.15, -0.1) is 0 Å². The van der Waals surface area contributed by atoms with Gasteiger partial charge in [0.05, 0.1) is 5.92 Å². The highest BCUT2D eigenvalue weighted by molar-refractivity contribution is 5.75. The first-order valence-electron chi connectivity index (χ1n) is 7.32. The third kappa shape index (κ3) is 3.45. The van der Waals surface area contributed by atoms with E-state index in [4.69, 9.17) is 0 Å². The van der Waals surface area contributed by atoms with Crippen LogP contribution in [-0.2, 0) is 0 Å². The van der Waals surface area contributed by atoms with Crippen molar-refractivity contribution < 1.29 is 8.78 Å². The van der Waals surface area contributed by atoms with E-state index in [1.807, 2.05) is 50.3 Å². The molecular formula is C18H22F2N2. The van der Waals surface area contributed by atoms with E-state index in [0.29, 0.717) is 5.56 Å². The van der Waals surface area contributed by atoms with Crippen molar-refractivity contribution in [3.63, 3.8) is 0 Å². The lowest BCUT2D eigenvalue weighted by atomic mass is 10.0. The minimum absolute atomic E-state index is 0.0355. The maximum Gasteiger partial charge on any atom is 0.255 e. The van der Waals surface area contributed by atoms with Gasteiger partial charge in [-0.3, -0.25) is 0 Å². The van der Waals surface area contributed by atoms with Crippen molar-refractivity contribution in [2.24, 2.45) is 0 Å². The molecule has 22 heavy (non-hydrogen) atoms. The van der Waals surface area contributed by atoms with Crippen molar-refractivity contribution in [1.29, 1.82) is 0 Å². The predicted octanol–water partition coefficient (Wildman–Crippen LogP) is 4.35. The topological polar surface area (TPSA) is 15.3 Å². The Morgan fingerprint density at radius 3 is 2.36 bits per heavy atom. The zero-order valence-electron chi connectivity index (χ0n) is 13.2. The van der Waals surface area contributed by atoms with Crippen LogP contribution in [0.15, 0.2) is 54.8 Å². The van der Waals surface area contributed by atoms with Gasteiger partial charge in [0, 0.05) is 26.2 Å². The number of nitrogens with one attached hydrogen (secondary N) is 1. The van der Waals surface area contributed by atoms with E-state index in [1.54, 1.807) is 18.2 Å². The fraction of sp³-hybridized carbons (Fsp3) is 0.333. The van der Waals surface area contributed by atoms with Gasteiger partial charge >= 0.3 is 0 Å². The zero-order chi connectivity index (χ0) is 16.3. The molecular weight excluding hydrogens is 282 g/mol. The van der Waals surface area contributed by atoms with Crippen molar-refractivity contribution >= 4 is 5.57 Å². The number of hydrogen-bond acceptors (Lipinski definition) is 2. The van der Waals surface area contributed by atoms with Crippen LogP contribution in [-0.4, -0.2) is 25.0 Å². The molecule has 1 unspecified atom stereocenters. The number of alkyl halides is 2. The Labute approximate surface area is 130 Å². The molecule has 1 N–H and O–H groups in total. The van der Waals surface area contributed by atoms with E-state index in [9.17, 15) is 8.78 Å². The third-order valence-electron chi connectivity index (χ3n) is 4.01. The van der Waals surface area contributed by atoms with Crippen LogP contribution in [0, 0.1) is 0 Å². The number of likely N-dealkylation sites (N-methyl/N-ethyl adjacent to an activating group) is 1. The number of rotatable bonds is 6. The second-order valence-electron chi connectivity index (χ2n) is 5.44. The molecule has 1 fully saturated rings. The summed E-state index contributed by atoms with van der Waals surface area (Å²) in [6, 6.07) is 7.33. The minimum atomic E-state index is -2.52. The average Bonchev–Trinajstić information content (AvgIpc) is 3.17. The number of hydrogen-bond donors (Lipinski definition) is 1. The first kappa shape index (κ1) is 16.4. The van der Waals surface area contributed by atoms with Crippen molar-refractivity contribution in [3.05, 3.63) is 65.9 Å². The van der Waals surface area contributed by atoms with E-state index in [2.05, 4.69) is 12.0 Å². The minimum Gasteiger partial charge on any atom is -0.312 e. The molecule has 0 spiro atoms. The first-order valence-corrected chi connectivity index (χ1v) is 7.32. The monoisotopic (exact) mass is 304 g/mol. The van der Waals surface area contributed by atoms with Crippen LogP contribution in [0.2, 0.25) is 0 Å². The lowest BCUT2D eigenvalue weighted by molar-refractivity contribution is 0.112. The number of halogens is 2. The molecule has 1 aromatic rings. The summed E-state index contributed by atoms with van der Waals surface area (Å²) in [5.74, 6) is -3.13. The number of benzene rings is 1. The Morgan fingerprint density at radius 2 is 1.95 bits per heavy atom.